The number of benzene rings is 3. The van der Waals surface area contributed by atoms with E-state index in [1.165, 1.54) is 6.07 Å². The highest BCUT2D eigenvalue weighted by Crippen LogP contribution is 2.33. The number of rotatable bonds is 7. The lowest BCUT2D eigenvalue weighted by molar-refractivity contribution is -0.111. The lowest BCUT2D eigenvalue weighted by Gasteiger charge is -2.32. The van der Waals surface area contributed by atoms with Crippen LogP contribution in [0.15, 0.2) is 79.5 Å². The van der Waals surface area contributed by atoms with Crippen molar-refractivity contribution in [3.8, 4) is 16.9 Å². The molecule has 1 aliphatic rings. The Hall–Kier alpha value is -4.37. The van der Waals surface area contributed by atoms with Crippen molar-refractivity contribution in [3.63, 3.8) is 0 Å². The Morgan fingerprint density at radius 2 is 1.89 bits per heavy atom. The third-order valence-electron chi connectivity index (χ3n) is 6.43. The molecule has 0 spiro atoms. The molecule has 9 heteroatoms. The van der Waals surface area contributed by atoms with Crippen molar-refractivity contribution in [1.29, 1.82) is 0 Å². The number of hydrogen-bond acceptors (Lipinski definition) is 6. The molecule has 7 nitrogen and oxygen atoms in total. The molecule has 2 atom stereocenters. The first-order valence-electron chi connectivity index (χ1n) is 12.3. The van der Waals surface area contributed by atoms with Crippen molar-refractivity contribution < 1.29 is 18.3 Å². The molecule has 2 N–H and O–H groups in total. The normalized spacial score (nSPS) is 17.7. The van der Waals surface area contributed by atoms with Gasteiger partial charge in [-0.1, -0.05) is 36.9 Å². The topological polar surface area (TPSA) is 79.4 Å². The molecule has 5 rings (SSSR count). The Labute approximate surface area is 219 Å². The second-order valence-corrected chi connectivity index (χ2v) is 9.17. The fraction of sp³-hybridized carbons (Fsp3) is 0.207. The number of nitrogens with zero attached hydrogens (tertiary/aromatic N) is 3. The molecule has 2 unspecified atom stereocenters. The molecule has 1 aromatic heterocycles. The molecule has 1 amide bonds. The number of para-hydroxylation sites is 1. The van der Waals surface area contributed by atoms with Crippen molar-refractivity contribution in [3.05, 3.63) is 85.3 Å². The summed E-state index contributed by atoms with van der Waals surface area (Å²) >= 11 is 0. The van der Waals surface area contributed by atoms with Crippen LogP contribution in [0.1, 0.15) is 6.42 Å². The number of piperidine rings is 1. The number of amides is 1. The smallest absolute Gasteiger partial charge is 0.247 e. The number of aromatic nitrogens is 2. The van der Waals surface area contributed by atoms with Crippen LogP contribution in [0.25, 0.3) is 22.0 Å². The lowest BCUT2D eigenvalue weighted by Crippen LogP contribution is -2.45. The van der Waals surface area contributed by atoms with E-state index in [4.69, 9.17) is 4.74 Å². The van der Waals surface area contributed by atoms with Crippen molar-refractivity contribution in [2.45, 2.75) is 18.7 Å². The zero-order valence-electron chi connectivity index (χ0n) is 20.8. The van der Waals surface area contributed by atoms with Crippen LogP contribution in [-0.4, -0.2) is 53.2 Å². The third kappa shape index (κ3) is 5.47. The van der Waals surface area contributed by atoms with Crippen LogP contribution in [-0.2, 0) is 4.79 Å². The van der Waals surface area contributed by atoms with Crippen molar-refractivity contribution >= 4 is 34.1 Å². The molecule has 4 aromatic rings. The molecule has 38 heavy (non-hydrogen) atoms. The summed E-state index contributed by atoms with van der Waals surface area (Å²) in [6.07, 6.45) is 1.89. The van der Waals surface area contributed by atoms with E-state index >= 15 is 4.39 Å². The van der Waals surface area contributed by atoms with Crippen LogP contribution in [0.2, 0.25) is 0 Å². The molecule has 2 heterocycles. The van der Waals surface area contributed by atoms with Crippen molar-refractivity contribution in [2.24, 2.45) is 0 Å². The summed E-state index contributed by atoms with van der Waals surface area (Å²) in [5, 5.41) is 6.38. The fourth-order valence-corrected chi connectivity index (χ4v) is 4.44. The van der Waals surface area contributed by atoms with Gasteiger partial charge in [0, 0.05) is 41.5 Å². The van der Waals surface area contributed by atoms with Crippen LogP contribution in [0, 0.1) is 5.82 Å². The van der Waals surface area contributed by atoms with Gasteiger partial charge in [-0.2, -0.15) is 0 Å². The van der Waals surface area contributed by atoms with E-state index in [1.54, 1.807) is 42.6 Å². The standard InChI is InChI=1S/C29H27F2N5O2/c1-3-26(37)34-24-9-5-7-21(27(24)31)22-8-4-6-18-16-32-29(35-28(18)22)33-19-10-12-20(13-11-19)38-25-14-15-36(2)17-23(25)30/h3-13,16,23,25H,1,14-15,17H2,2H3,(H,34,37)(H,32,33,35). The van der Waals surface area contributed by atoms with E-state index in [0.29, 0.717) is 41.3 Å². The lowest BCUT2D eigenvalue weighted by atomic mass is 10.0. The van der Waals surface area contributed by atoms with Gasteiger partial charge in [0.05, 0.1) is 11.2 Å². The molecule has 1 aliphatic heterocycles. The molecule has 0 aliphatic carbocycles. The summed E-state index contributed by atoms with van der Waals surface area (Å²) in [5.41, 5.74) is 2.17. The maximum absolute atomic E-state index is 15.3. The minimum atomic E-state index is -1.03. The Balaban J connectivity index is 1.37. The highest BCUT2D eigenvalue weighted by molar-refractivity contribution is 6.00. The first-order chi connectivity index (χ1) is 18.4. The predicted octanol–water partition coefficient (Wildman–Crippen LogP) is 5.73. The number of halogens is 2. The molecule has 194 valence electrons. The number of fused-ring (bicyclic) bond motifs is 1. The number of nitrogens with one attached hydrogen (secondary N) is 2. The minimum Gasteiger partial charge on any atom is -0.487 e. The fourth-order valence-electron chi connectivity index (χ4n) is 4.44. The van der Waals surface area contributed by atoms with Gasteiger partial charge in [0.2, 0.25) is 11.9 Å². The summed E-state index contributed by atoms with van der Waals surface area (Å²) in [7, 11) is 1.90. The quantitative estimate of drug-likeness (QED) is 0.306. The molecule has 3 aromatic carbocycles. The molecule has 1 saturated heterocycles. The van der Waals surface area contributed by atoms with Crippen LogP contribution in [0.3, 0.4) is 0 Å². The van der Waals surface area contributed by atoms with Crippen LogP contribution in [0.4, 0.5) is 26.1 Å². The molecule has 0 saturated carbocycles. The maximum atomic E-state index is 15.3. The number of carbonyl (C=O) groups excluding carboxylic acids is 1. The van der Waals surface area contributed by atoms with Crippen LogP contribution in [0.5, 0.6) is 5.75 Å². The maximum Gasteiger partial charge on any atom is 0.247 e. The van der Waals surface area contributed by atoms with Gasteiger partial charge in [0.25, 0.3) is 0 Å². The van der Waals surface area contributed by atoms with E-state index in [-0.39, 0.29) is 5.69 Å². The number of likely N-dealkylation sites (tertiary alicyclic amines) is 1. The van der Waals surface area contributed by atoms with Crippen LogP contribution < -0.4 is 15.4 Å². The number of anilines is 3. The molecular formula is C29H27F2N5O2. The average molecular weight is 516 g/mol. The monoisotopic (exact) mass is 515 g/mol. The Kier molecular flexibility index (Phi) is 7.28. The second kappa shape index (κ2) is 10.9. The van der Waals surface area contributed by atoms with Gasteiger partial charge in [-0.05, 0) is 49.9 Å². The SMILES string of the molecule is C=CC(=O)Nc1cccc(-c2cccc3cnc(Nc4ccc(OC5CCN(C)CC5F)cc4)nc23)c1F. The van der Waals surface area contributed by atoms with Gasteiger partial charge < -0.3 is 20.3 Å². The Bertz CT molecular complexity index is 1480. The predicted molar refractivity (Wildman–Crippen MR) is 145 cm³/mol. The van der Waals surface area contributed by atoms with Crippen molar-refractivity contribution in [1.82, 2.24) is 14.9 Å². The van der Waals surface area contributed by atoms with E-state index in [0.717, 1.165) is 23.7 Å². The first-order valence-corrected chi connectivity index (χ1v) is 12.3. The third-order valence-corrected chi connectivity index (χ3v) is 6.43. The number of alkyl halides is 1. The summed E-state index contributed by atoms with van der Waals surface area (Å²) in [6.45, 7) is 4.57. The van der Waals surface area contributed by atoms with E-state index in [9.17, 15) is 9.18 Å². The van der Waals surface area contributed by atoms with Gasteiger partial charge >= 0.3 is 0 Å². The van der Waals surface area contributed by atoms with E-state index in [1.807, 2.05) is 30.1 Å². The highest BCUT2D eigenvalue weighted by Gasteiger charge is 2.29. The number of ether oxygens (including phenoxy) is 1. The van der Waals surface area contributed by atoms with Gasteiger partial charge in [-0.3, -0.25) is 4.79 Å². The highest BCUT2D eigenvalue weighted by atomic mass is 19.1. The molecule has 0 bridgehead atoms. The second-order valence-electron chi connectivity index (χ2n) is 9.17. The van der Waals surface area contributed by atoms with Gasteiger partial charge in [-0.25, -0.2) is 18.7 Å². The zero-order valence-corrected chi connectivity index (χ0v) is 20.8. The Morgan fingerprint density at radius 1 is 1.13 bits per heavy atom. The van der Waals surface area contributed by atoms with E-state index < -0.39 is 24.0 Å². The first kappa shape index (κ1) is 25.3. The summed E-state index contributed by atoms with van der Waals surface area (Å²) < 4.78 is 35.5. The van der Waals surface area contributed by atoms with Crippen molar-refractivity contribution in [2.75, 3.05) is 30.8 Å². The van der Waals surface area contributed by atoms with Crippen LogP contribution >= 0.6 is 0 Å². The largest absolute Gasteiger partial charge is 0.487 e. The van der Waals surface area contributed by atoms with E-state index in [2.05, 4.69) is 27.2 Å². The average Bonchev–Trinajstić information content (AvgIpc) is 2.92. The Morgan fingerprint density at radius 3 is 2.66 bits per heavy atom. The molecular weight excluding hydrogens is 488 g/mol. The van der Waals surface area contributed by atoms with Gasteiger partial charge in [0.1, 0.15) is 18.0 Å². The van der Waals surface area contributed by atoms with Gasteiger partial charge in [-0.15, -0.1) is 0 Å². The molecule has 0 radical (unpaired) electrons. The number of carbonyl (C=O) groups is 1. The molecule has 1 fully saturated rings. The van der Waals surface area contributed by atoms with Gasteiger partial charge in [0.15, 0.2) is 5.82 Å². The minimum absolute atomic E-state index is 0.0541. The zero-order chi connectivity index (χ0) is 26.6. The summed E-state index contributed by atoms with van der Waals surface area (Å²) in [4.78, 5) is 22.7. The summed E-state index contributed by atoms with van der Waals surface area (Å²) in [5.74, 6) is -0.151. The number of hydrogen-bond donors (Lipinski definition) is 2. The summed E-state index contributed by atoms with van der Waals surface area (Å²) in [6, 6.07) is 17.4.